The molecular weight excluding hydrogens is 282 g/mol. The first-order valence-corrected chi connectivity index (χ1v) is 7.75. The maximum absolute atomic E-state index is 12.7. The summed E-state index contributed by atoms with van der Waals surface area (Å²) in [5.74, 6) is -0.565. The fraction of sp³-hybridized carbons (Fsp3) is 0.529. The second-order valence-electron chi connectivity index (χ2n) is 5.72. The number of nitrogens with zero attached hydrogens (tertiary/aromatic N) is 1. The minimum atomic E-state index is -1.09. The number of carbonyl (C=O) groups excluding carboxylic acids is 1. The lowest BCUT2D eigenvalue weighted by atomic mass is 9.80. The Balaban J connectivity index is 2.26. The van der Waals surface area contributed by atoms with E-state index in [1.807, 2.05) is 6.92 Å². The van der Waals surface area contributed by atoms with Crippen molar-refractivity contribution in [2.75, 3.05) is 13.7 Å². The molecule has 1 aliphatic rings. The molecule has 1 fully saturated rings. The van der Waals surface area contributed by atoms with Crippen LogP contribution < -0.4 is 4.74 Å². The molecule has 1 saturated carbocycles. The van der Waals surface area contributed by atoms with Crippen molar-refractivity contribution >= 4 is 11.9 Å². The molecule has 5 nitrogen and oxygen atoms in total. The molecule has 5 heteroatoms. The third-order valence-electron chi connectivity index (χ3n) is 4.42. The van der Waals surface area contributed by atoms with Crippen LogP contribution in [0.1, 0.15) is 49.4 Å². The number of carboxylic acid groups (broad SMARTS) is 1. The summed E-state index contributed by atoms with van der Waals surface area (Å²) in [5.41, 5.74) is -0.628. The van der Waals surface area contributed by atoms with Crippen molar-refractivity contribution in [1.82, 2.24) is 4.90 Å². The average Bonchev–Trinajstić information content (AvgIpc) is 2.54. The SMILES string of the molecule is CCOc1cccc(C(=O)N(C)C2(C(=O)O)CCCCC2)c1. The third kappa shape index (κ3) is 3.08. The number of carboxylic acids is 1. The second kappa shape index (κ2) is 6.81. The van der Waals surface area contributed by atoms with Crippen LogP contribution in [0.25, 0.3) is 0 Å². The van der Waals surface area contributed by atoms with Gasteiger partial charge in [-0.2, -0.15) is 0 Å². The van der Waals surface area contributed by atoms with Crippen LogP contribution in [-0.4, -0.2) is 41.1 Å². The van der Waals surface area contributed by atoms with Gasteiger partial charge >= 0.3 is 5.97 Å². The Bertz CT molecular complexity index is 549. The van der Waals surface area contributed by atoms with E-state index in [1.165, 1.54) is 4.90 Å². The smallest absolute Gasteiger partial charge is 0.329 e. The molecule has 22 heavy (non-hydrogen) atoms. The molecule has 1 N–H and O–H groups in total. The van der Waals surface area contributed by atoms with Gasteiger partial charge in [-0.3, -0.25) is 4.79 Å². The first-order valence-electron chi connectivity index (χ1n) is 7.75. The number of carbonyl (C=O) groups is 2. The molecule has 0 aliphatic heterocycles. The Morgan fingerprint density at radius 1 is 1.27 bits per heavy atom. The number of ether oxygens (including phenoxy) is 1. The predicted octanol–water partition coefficient (Wildman–Crippen LogP) is 2.94. The van der Waals surface area contributed by atoms with Gasteiger partial charge in [0, 0.05) is 12.6 Å². The molecule has 0 radical (unpaired) electrons. The van der Waals surface area contributed by atoms with E-state index in [1.54, 1.807) is 31.3 Å². The maximum Gasteiger partial charge on any atom is 0.329 e. The van der Waals surface area contributed by atoms with Gasteiger partial charge in [0.25, 0.3) is 5.91 Å². The highest BCUT2D eigenvalue weighted by atomic mass is 16.5. The van der Waals surface area contributed by atoms with Crippen LogP contribution >= 0.6 is 0 Å². The van der Waals surface area contributed by atoms with Crippen molar-refractivity contribution in [3.8, 4) is 5.75 Å². The third-order valence-corrected chi connectivity index (χ3v) is 4.42. The zero-order chi connectivity index (χ0) is 16.2. The number of aliphatic carboxylic acids is 1. The molecule has 0 aromatic heterocycles. The van der Waals surface area contributed by atoms with Crippen LogP contribution in [0.4, 0.5) is 0 Å². The molecule has 120 valence electrons. The quantitative estimate of drug-likeness (QED) is 0.908. The molecular formula is C17H23NO4. The van der Waals surface area contributed by atoms with E-state index in [0.717, 1.165) is 19.3 Å². The zero-order valence-corrected chi connectivity index (χ0v) is 13.2. The number of hydrogen-bond acceptors (Lipinski definition) is 3. The van der Waals surface area contributed by atoms with E-state index >= 15 is 0 Å². The van der Waals surface area contributed by atoms with E-state index in [2.05, 4.69) is 0 Å². The van der Waals surface area contributed by atoms with Gasteiger partial charge in [0.2, 0.25) is 0 Å². The summed E-state index contributed by atoms with van der Waals surface area (Å²) in [4.78, 5) is 25.9. The van der Waals surface area contributed by atoms with Gasteiger partial charge in [0.1, 0.15) is 11.3 Å². The zero-order valence-electron chi connectivity index (χ0n) is 13.2. The van der Waals surface area contributed by atoms with Gasteiger partial charge in [-0.15, -0.1) is 0 Å². The van der Waals surface area contributed by atoms with Gasteiger partial charge in [0.05, 0.1) is 6.61 Å². The van der Waals surface area contributed by atoms with Gasteiger partial charge < -0.3 is 14.7 Å². The monoisotopic (exact) mass is 305 g/mol. The van der Waals surface area contributed by atoms with Crippen LogP contribution in [0.15, 0.2) is 24.3 Å². The minimum absolute atomic E-state index is 0.272. The number of hydrogen-bond donors (Lipinski definition) is 1. The molecule has 0 bridgehead atoms. The normalized spacial score (nSPS) is 16.8. The van der Waals surface area contributed by atoms with Crippen molar-refractivity contribution in [3.05, 3.63) is 29.8 Å². The Morgan fingerprint density at radius 2 is 1.95 bits per heavy atom. The Kier molecular flexibility index (Phi) is 5.06. The van der Waals surface area contributed by atoms with E-state index in [4.69, 9.17) is 4.74 Å². The van der Waals surface area contributed by atoms with Gasteiger partial charge in [0.15, 0.2) is 0 Å². The molecule has 1 aromatic rings. The molecule has 0 spiro atoms. The van der Waals surface area contributed by atoms with Crippen molar-refractivity contribution in [2.45, 2.75) is 44.6 Å². The topological polar surface area (TPSA) is 66.8 Å². The van der Waals surface area contributed by atoms with Crippen molar-refractivity contribution in [1.29, 1.82) is 0 Å². The number of amides is 1. The van der Waals surface area contributed by atoms with Crippen LogP contribution in [0.3, 0.4) is 0 Å². The summed E-state index contributed by atoms with van der Waals surface area (Å²) in [6, 6.07) is 6.90. The molecule has 0 heterocycles. The van der Waals surface area contributed by atoms with Crippen molar-refractivity contribution in [3.63, 3.8) is 0 Å². The average molecular weight is 305 g/mol. The molecule has 0 unspecified atom stereocenters. The Hall–Kier alpha value is -2.04. The van der Waals surface area contributed by atoms with Gasteiger partial charge in [-0.25, -0.2) is 4.79 Å². The lowest BCUT2D eigenvalue weighted by Gasteiger charge is -2.41. The molecule has 1 aliphatic carbocycles. The standard InChI is InChI=1S/C17H23NO4/c1-3-22-14-9-7-8-13(12-14)15(19)18(2)17(16(20)21)10-5-4-6-11-17/h7-9,12H,3-6,10-11H2,1-2H3,(H,20,21). The maximum atomic E-state index is 12.7. The number of benzene rings is 1. The van der Waals surface area contributed by atoms with E-state index in [0.29, 0.717) is 30.8 Å². The van der Waals surface area contributed by atoms with Gasteiger partial charge in [-0.05, 0) is 38.0 Å². The molecule has 0 atom stereocenters. The van der Waals surface area contributed by atoms with Crippen LogP contribution in [0.5, 0.6) is 5.75 Å². The van der Waals surface area contributed by atoms with Crippen molar-refractivity contribution in [2.24, 2.45) is 0 Å². The Morgan fingerprint density at radius 3 is 2.55 bits per heavy atom. The van der Waals surface area contributed by atoms with Gasteiger partial charge in [-0.1, -0.05) is 25.3 Å². The van der Waals surface area contributed by atoms with Crippen LogP contribution in [-0.2, 0) is 4.79 Å². The van der Waals surface area contributed by atoms with Crippen molar-refractivity contribution < 1.29 is 19.4 Å². The summed E-state index contributed by atoms with van der Waals surface area (Å²) in [6.45, 7) is 2.40. The van der Waals surface area contributed by atoms with E-state index < -0.39 is 11.5 Å². The van der Waals surface area contributed by atoms with Crippen LogP contribution in [0, 0.1) is 0 Å². The number of rotatable bonds is 5. The molecule has 2 rings (SSSR count). The lowest BCUT2D eigenvalue weighted by molar-refractivity contribution is -0.151. The van der Waals surface area contributed by atoms with E-state index in [9.17, 15) is 14.7 Å². The van der Waals surface area contributed by atoms with Crippen LogP contribution in [0.2, 0.25) is 0 Å². The first-order chi connectivity index (χ1) is 10.5. The Labute approximate surface area is 130 Å². The highest BCUT2D eigenvalue weighted by molar-refractivity contribution is 5.98. The molecule has 0 saturated heterocycles. The lowest BCUT2D eigenvalue weighted by Crippen LogP contribution is -2.56. The van der Waals surface area contributed by atoms with E-state index in [-0.39, 0.29) is 5.91 Å². The summed E-state index contributed by atoms with van der Waals surface area (Å²) in [6.07, 6.45) is 3.72. The first kappa shape index (κ1) is 16.3. The largest absolute Gasteiger partial charge is 0.494 e. The molecule has 1 amide bonds. The predicted molar refractivity (Wildman–Crippen MR) is 83.2 cm³/mol. The second-order valence-corrected chi connectivity index (χ2v) is 5.72. The number of likely N-dealkylation sites (N-methyl/N-ethyl adjacent to an activating group) is 1. The highest BCUT2D eigenvalue weighted by Crippen LogP contribution is 2.34. The minimum Gasteiger partial charge on any atom is -0.494 e. The molecule has 1 aromatic carbocycles. The summed E-state index contributed by atoms with van der Waals surface area (Å²) in [7, 11) is 1.59. The fourth-order valence-corrected chi connectivity index (χ4v) is 3.10. The summed E-state index contributed by atoms with van der Waals surface area (Å²) >= 11 is 0. The summed E-state index contributed by atoms with van der Waals surface area (Å²) < 4.78 is 5.41. The highest BCUT2D eigenvalue weighted by Gasteiger charge is 2.45. The fourth-order valence-electron chi connectivity index (χ4n) is 3.10. The summed E-state index contributed by atoms with van der Waals surface area (Å²) in [5, 5.41) is 9.68.